The minimum Gasteiger partial charge on any atom is -0.493 e. The van der Waals surface area contributed by atoms with Crippen molar-refractivity contribution in [3.63, 3.8) is 0 Å². The van der Waals surface area contributed by atoms with Crippen molar-refractivity contribution < 1.29 is 4.74 Å². The van der Waals surface area contributed by atoms with Crippen LogP contribution >= 0.6 is 0 Å². The summed E-state index contributed by atoms with van der Waals surface area (Å²) in [6.07, 6.45) is 8.95. The van der Waals surface area contributed by atoms with Gasteiger partial charge in [0.25, 0.3) is 0 Å². The van der Waals surface area contributed by atoms with E-state index in [9.17, 15) is 0 Å². The summed E-state index contributed by atoms with van der Waals surface area (Å²) in [5.41, 5.74) is 4.33. The Morgan fingerprint density at radius 2 is 2.20 bits per heavy atom. The first-order valence-corrected chi connectivity index (χ1v) is 7.65. The van der Waals surface area contributed by atoms with Crippen LogP contribution in [0.4, 0.5) is 0 Å². The van der Waals surface area contributed by atoms with Gasteiger partial charge in [-0.25, -0.2) is 0 Å². The van der Waals surface area contributed by atoms with Crippen LogP contribution < -0.4 is 16.0 Å². The van der Waals surface area contributed by atoms with E-state index in [0.29, 0.717) is 12.0 Å². The number of nitrogens with one attached hydrogen (secondary N) is 1. The van der Waals surface area contributed by atoms with Gasteiger partial charge in [0, 0.05) is 12.0 Å². The fourth-order valence-electron chi connectivity index (χ4n) is 3.02. The lowest BCUT2D eigenvalue weighted by Crippen LogP contribution is -2.41. The first-order chi connectivity index (χ1) is 9.86. The number of nitrogens with two attached hydrogens (primary N) is 1. The van der Waals surface area contributed by atoms with Crippen molar-refractivity contribution in [2.45, 2.75) is 50.5 Å². The molecule has 0 saturated carbocycles. The first-order valence-electron chi connectivity index (χ1n) is 7.65. The van der Waals surface area contributed by atoms with Crippen LogP contribution in [0.2, 0.25) is 0 Å². The van der Waals surface area contributed by atoms with Gasteiger partial charge >= 0.3 is 0 Å². The number of allylic oxidation sites excluding steroid dienone is 1. The monoisotopic (exact) mass is 274 g/mol. The summed E-state index contributed by atoms with van der Waals surface area (Å²) in [4.78, 5) is 0. The normalized spacial score (nSPS) is 18.9. The molecule has 1 heterocycles. The summed E-state index contributed by atoms with van der Waals surface area (Å²) in [6.45, 7) is 4.55. The van der Waals surface area contributed by atoms with Gasteiger partial charge in [-0.15, -0.1) is 6.58 Å². The molecule has 0 aromatic heterocycles. The van der Waals surface area contributed by atoms with E-state index < -0.39 is 0 Å². The fraction of sp³-hybridized carbons (Fsp3) is 0.529. The molecule has 0 saturated heterocycles. The zero-order chi connectivity index (χ0) is 14.2. The molecule has 0 bridgehead atoms. The third kappa shape index (κ3) is 3.84. The summed E-state index contributed by atoms with van der Waals surface area (Å²) >= 11 is 0. The van der Waals surface area contributed by atoms with Gasteiger partial charge in [-0.1, -0.05) is 37.1 Å². The Balaban J connectivity index is 1.93. The third-order valence-corrected chi connectivity index (χ3v) is 4.13. The van der Waals surface area contributed by atoms with Gasteiger partial charge in [0.15, 0.2) is 0 Å². The van der Waals surface area contributed by atoms with Crippen molar-refractivity contribution in [2.75, 3.05) is 6.61 Å². The molecule has 1 aliphatic rings. The average Bonchev–Trinajstić information content (AvgIpc) is 2.51. The third-order valence-electron chi connectivity index (χ3n) is 4.13. The number of ether oxygens (including phenoxy) is 1. The van der Waals surface area contributed by atoms with E-state index in [-0.39, 0.29) is 0 Å². The van der Waals surface area contributed by atoms with Crippen LogP contribution in [0.3, 0.4) is 0 Å². The molecular formula is C17H26N2O. The summed E-state index contributed by atoms with van der Waals surface area (Å²) in [5.74, 6) is 7.28. The molecule has 0 fully saturated rings. The van der Waals surface area contributed by atoms with Gasteiger partial charge in [0.2, 0.25) is 0 Å². The molecule has 0 spiro atoms. The lowest BCUT2D eigenvalue weighted by molar-refractivity contribution is 0.240. The number of fused-ring (bicyclic) bond motifs is 1. The summed E-state index contributed by atoms with van der Waals surface area (Å²) < 4.78 is 5.73. The number of hydrogen-bond donors (Lipinski definition) is 2. The molecule has 20 heavy (non-hydrogen) atoms. The summed E-state index contributed by atoms with van der Waals surface area (Å²) in [7, 11) is 0. The van der Waals surface area contributed by atoms with Crippen LogP contribution in [-0.4, -0.2) is 12.6 Å². The standard InChI is InChI=1S/C17H26N2O/c1-2-3-4-5-6-10-16(19-18)14-12-13-20-17-11-8-7-9-15(14)17/h2,7-9,11,14,16,19H,1,3-6,10,12-13,18H2. The van der Waals surface area contributed by atoms with Crippen molar-refractivity contribution in [2.24, 2.45) is 5.84 Å². The Hall–Kier alpha value is -1.32. The fourth-order valence-corrected chi connectivity index (χ4v) is 3.02. The second kappa shape index (κ2) is 8.08. The van der Waals surface area contributed by atoms with Gasteiger partial charge < -0.3 is 4.74 Å². The maximum atomic E-state index is 5.79. The number of rotatable bonds is 8. The number of benzene rings is 1. The Labute approximate surface area is 122 Å². The smallest absolute Gasteiger partial charge is 0.122 e. The maximum absolute atomic E-state index is 5.79. The SMILES string of the molecule is C=CCCCCCC(NN)C1CCOc2ccccc21. The molecule has 1 aromatic rings. The van der Waals surface area contributed by atoms with Gasteiger partial charge in [0.05, 0.1) is 6.61 Å². The highest BCUT2D eigenvalue weighted by Gasteiger charge is 2.27. The Morgan fingerprint density at radius 1 is 1.35 bits per heavy atom. The van der Waals surface area contributed by atoms with E-state index in [4.69, 9.17) is 10.6 Å². The molecule has 0 amide bonds. The van der Waals surface area contributed by atoms with Gasteiger partial charge in [-0.3, -0.25) is 11.3 Å². The largest absolute Gasteiger partial charge is 0.493 e. The zero-order valence-electron chi connectivity index (χ0n) is 12.2. The van der Waals surface area contributed by atoms with Gasteiger partial charge in [-0.2, -0.15) is 0 Å². The predicted molar refractivity (Wildman–Crippen MR) is 83.7 cm³/mol. The number of hydrogen-bond acceptors (Lipinski definition) is 3. The van der Waals surface area contributed by atoms with Crippen LogP contribution in [-0.2, 0) is 0 Å². The van der Waals surface area contributed by atoms with Crippen LogP contribution in [0.1, 0.15) is 50.0 Å². The summed E-state index contributed by atoms with van der Waals surface area (Å²) in [6, 6.07) is 8.67. The topological polar surface area (TPSA) is 47.3 Å². The Morgan fingerprint density at radius 3 is 3.00 bits per heavy atom. The molecule has 0 aliphatic carbocycles. The highest BCUT2D eigenvalue weighted by molar-refractivity contribution is 5.38. The molecular weight excluding hydrogens is 248 g/mol. The molecule has 0 radical (unpaired) electrons. The molecule has 2 rings (SSSR count). The number of para-hydroxylation sites is 1. The van der Waals surface area contributed by atoms with Crippen molar-refractivity contribution in [1.29, 1.82) is 0 Å². The highest BCUT2D eigenvalue weighted by Crippen LogP contribution is 2.36. The van der Waals surface area contributed by atoms with Gasteiger partial charge in [-0.05, 0) is 37.3 Å². The van der Waals surface area contributed by atoms with E-state index >= 15 is 0 Å². The van der Waals surface area contributed by atoms with E-state index in [0.717, 1.165) is 31.6 Å². The second-order valence-corrected chi connectivity index (χ2v) is 5.48. The minimum atomic E-state index is 0.337. The molecule has 1 aromatic carbocycles. The van der Waals surface area contributed by atoms with Crippen molar-refractivity contribution in [3.05, 3.63) is 42.5 Å². The van der Waals surface area contributed by atoms with Crippen LogP contribution in [0.5, 0.6) is 5.75 Å². The minimum absolute atomic E-state index is 0.337. The zero-order valence-corrected chi connectivity index (χ0v) is 12.2. The van der Waals surface area contributed by atoms with Crippen LogP contribution in [0, 0.1) is 0 Å². The molecule has 3 nitrogen and oxygen atoms in total. The Kier molecular flexibility index (Phi) is 6.09. The molecule has 110 valence electrons. The summed E-state index contributed by atoms with van der Waals surface area (Å²) in [5, 5.41) is 0. The quantitative estimate of drug-likeness (QED) is 0.330. The van der Waals surface area contributed by atoms with Crippen molar-refractivity contribution >= 4 is 0 Å². The molecule has 3 N–H and O–H groups in total. The second-order valence-electron chi connectivity index (χ2n) is 5.48. The maximum Gasteiger partial charge on any atom is 0.122 e. The van der Waals surface area contributed by atoms with Crippen LogP contribution in [0.25, 0.3) is 0 Å². The molecule has 2 unspecified atom stereocenters. The first kappa shape index (κ1) is 15.1. The lowest BCUT2D eigenvalue weighted by Gasteiger charge is -2.32. The lowest BCUT2D eigenvalue weighted by atomic mass is 9.84. The molecule has 1 aliphatic heterocycles. The predicted octanol–water partition coefficient (Wildman–Crippen LogP) is 3.52. The number of unbranched alkanes of at least 4 members (excludes halogenated alkanes) is 3. The van der Waals surface area contributed by atoms with E-state index in [1.807, 2.05) is 12.1 Å². The van der Waals surface area contributed by atoms with E-state index in [1.54, 1.807) is 0 Å². The van der Waals surface area contributed by atoms with Crippen molar-refractivity contribution in [1.82, 2.24) is 5.43 Å². The Bertz CT molecular complexity index is 419. The van der Waals surface area contributed by atoms with Crippen LogP contribution in [0.15, 0.2) is 36.9 Å². The van der Waals surface area contributed by atoms with E-state index in [2.05, 4.69) is 30.2 Å². The van der Waals surface area contributed by atoms with E-state index in [1.165, 1.54) is 24.8 Å². The molecule has 2 atom stereocenters. The van der Waals surface area contributed by atoms with Crippen molar-refractivity contribution in [3.8, 4) is 5.75 Å². The molecule has 3 heteroatoms. The number of hydrazine groups is 1. The van der Waals surface area contributed by atoms with Gasteiger partial charge in [0.1, 0.15) is 5.75 Å². The highest BCUT2D eigenvalue weighted by atomic mass is 16.5. The average molecular weight is 274 g/mol.